The van der Waals surface area contributed by atoms with Crippen LogP contribution in [0.5, 0.6) is 11.5 Å². The molecule has 5 nitrogen and oxygen atoms in total. The first-order valence-electron chi connectivity index (χ1n) is 9.62. The lowest BCUT2D eigenvalue weighted by molar-refractivity contribution is 0.481. The van der Waals surface area contributed by atoms with Crippen LogP contribution in [0.3, 0.4) is 0 Å². The number of fused-ring (bicyclic) bond motifs is 1. The molecule has 2 N–H and O–H groups in total. The van der Waals surface area contributed by atoms with Crippen LogP contribution >= 0.6 is 0 Å². The second kappa shape index (κ2) is 8.07. The predicted octanol–water partition coefficient (Wildman–Crippen LogP) is 6.17. The van der Waals surface area contributed by atoms with E-state index in [1.54, 1.807) is 12.1 Å². The number of pyridine rings is 1. The van der Waals surface area contributed by atoms with Crippen molar-refractivity contribution in [2.75, 3.05) is 5.32 Å². The Morgan fingerprint density at radius 2 is 1.86 bits per heavy atom. The Bertz CT molecular complexity index is 1170. The van der Waals surface area contributed by atoms with E-state index in [0.29, 0.717) is 23.2 Å². The summed E-state index contributed by atoms with van der Waals surface area (Å²) in [6.45, 7) is 4.40. The van der Waals surface area contributed by atoms with Crippen molar-refractivity contribution in [3.63, 3.8) is 0 Å². The maximum atomic E-state index is 9.35. The number of hydrogen-bond acceptors (Lipinski definition) is 4. The molecule has 0 aliphatic carbocycles. The summed E-state index contributed by atoms with van der Waals surface area (Å²) < 4.78 is 5.98. The zero-order valence-electron chi connectivity index (χ0n) is 16.4. The standard InChI is InChI=1S/C24H22N4O/c1-16(2)11-17-3-7-21(8-4-17)29-22-12-20(15-25)28-24(14-22)27-19-6-5-18-9-10-26-23(18)13-19/h3-10,12-14,16,26H,11H2,1-2H3,(H,27,28). The highest BCUT2D eigenvalue weighted by molar-refractivity contribution is 5.83. The first-order valence-corrected chi connectivity index (χ1v) is 9.62. The molecule has 2 aromatic carbocycles. The van der Waals surface area contributed by atoms with Gasteiger partial charge in [-0.3, -0.25) is 0 Å². The Morgan fingerprint density at radius 1 is 1.03 bits per heavy atom. The van der Waals surface area contributed by atoms with Crippen molar-refractivity contribution in [1.29, 1.82) is 5.26 Å². The molecule has 0 amide bonds. The third-order valence-corrected chi connectivity index (χ3v) is 4.54. The summed E-state index contributed by atoms with van der Waals surface area (Å²) in [6.07, 6.45) is 2.94. The van der Waals surface area contributed by atoms with E-state index < -0.39 is 0 Å². The normalized spacial score (nSPS) is 10.8. The Morgan fingerprint density at radius 3 is 2.62 bits per heavy atom. The number of rotatable bonds is 6. The Labute approximate surface area is 170 Å². The van der Waals surface area contributed by atoms with Crippen molar-refractivity contribution in [1.82, 2.24) is 9.97 Å². The van der Waals surface area contributed by atoms with E-state index in [-0.39, 0.29) is 0 Å². The van der Waals surface area contributed by atoms with Crippen LogP contribution in [-0.4, -0.2) is 9.97 Å². The molecule has 0 saturated heterocycles. The third-order valence-electron chi connectivity index (χ3n) is 4.54. The number of nitriles is 1. The van der Waals surface area contributed by atoms with Crippen LogP contribution in [0.4, 0.5) is 11.5 Å². The lowest BCUT2D eigenvalue weighted by atomic mass is 10.0. The molecule has 2 aromatic heterocycles. The van der Waals surface area contributed by atoms with Crippen molar-refractivity contribution >= 4 is 22.4 Å². The molecule has 0 unspecified atom stereocenters. The van der Waals surface area contributed by atoms with E-state index in [0.717, 1.165) is 28.8 Å². The van der Waals surface area contributed by atoms with Crippen molar-refractivity contribution in [2.24, 2.45) is 5.92 Å². The Hall–Kier alpha value is -3.78. The van der Waals surface area contributed by atoms with E-state index >= 15 is 0 Å². The second-order valence-electron chi connectivity index (χ2n) is 7.43. The quantitative estimate of drug-likeness (QED) is 0.418. The van der Waals surface area contributed by atoms with Crippen molar-refractivity contribution < 1.29 is 4.74 Å². The van der Waals surface area contributed by atoms with Crippen LogP contribution in [-0.2, 0) is 6.42 Å². The molecule has 0 saturated carbocycles. The van der Waals surface area contributed by atoms with Crippen LogP contribution in [0.15, 0.2) is 66.9 Å². The zero-order chi connectivity index (χ0) is 20.2. The van der Waals surface area contributed by atoms with Crippen molar-refractivity contribution in [2.45, 2.75) is 20.3 Å². The van der Waals surface area contributed by atoms with Crippen LogP contribution in [0.2, 0.25) is 0 Å². The molecule has 0 spiro atoms. The van der Waals surface area contributed by atoms with Gasteiger partial charge in [-0.2, -0.15) is 5.26 Å². The van der Waals surface area contributed by atoms with E-state index in [1.807, 2.05) is 42.6 Å². The SMILES string of the molecule is CC(C)Cc1ccc(Oc2cc(C#N)nc(Nc3ccc4cc[nH]c4c3)c2)cc1. The average Bonchev–Trinajstić information content (AvgIpc) is 3.17. The molecular formula is C24H22N4O. The number of nitrogens with one attached hydrogen (secondary N) is 2. The van der Waals surface area contributed by atoms with Gasteiger partial charge in [0.15, 0.2) is 0 Å². The number of ether oxygens (including phenoxy) is 1. The molecule has 0 fully saturated rings. The number of hydrogen-bond donors (Lipinski definition) is 2. The minimum atomic E-state index is 0.294. The van der Waals surface area contributed by atoms with Crippen LogP contribution in [0.25, 0.3) is 10.9 Å². The van der Waals surface area contributed by atoms with Gasteiger partial charge in [0, 0.05) is 29.5 Å². The molecule has 29 heavy (non-hydrogen) atoms. The van der Waals surface area contributed by atoms with Gasteiger partial charge in [-0.05, 0) is 53.6 Å². The highest BCUT2D eigenvalue weighted by Crippen LogP contribution is 2.27. The highest BCUT2D eigenvalue weighted by atomic mass is 16.5. The minimum absolute atomic E-state index is 0.294. The second-order valence-corrected chi connectivity index (χ2v) is 7.43. The monoisotopic (exact) mass is 382 g/mol. The summed E-state index contributed by atoms with van der Waals surface area (Å²) in [6, 6.07) is 21.6. The first kappa shape index (κ1) is 18.6. The molecule has 5 heteroatoms. The minimum Gasteiger partial charge on any atom is -0.457 e. The number of nitrogens with zero attached hydrogens (tertiary/aromatic N) is 2. The van der Waals surface area contributed by atoms with E-state index in [2.05, 4.69) is 47.3 Å². The van der Waals surface area contributed by atoms with Gasteiger partial charge in [-0.1, -0.05) is 32.0 Å². The molecule has 2 heterocycles. The molecule has 144 valence electrons. The van der Waals surface area contributed by atoms with Crippen molar-refractivity contribution in [3.8, 4) is 17.6 Å². The molecular weight excluding hydrogens is 360 g/mol. The van der Waals surface area contributed by atoms with E-state index in [4.69, 9.17) is 4.74 Å². The summed E-state index contributed by atoms with van der Waals surface area (Å²) in [4.78, 5) is 7.53. The lowest BCUT2D eigenvalue weighted by Crippen LogP contribution is -1.97. The lowest BCUT2D eigenvalue weighted by Gasteiger charge is -2.11. The number of H-pyrrole nitrogens is 1. The fourth-order valence-electron chi connectivity index (χ4n) is 3.26. The summed E-state index contributed by atoms with van der Waals surface area (Å²) in [5, 5.41) is 13.7. The third kappa shape index (κ3) is 4.56. The zero-order valence-corrected chi connectivity index (χ0v) is 16.4. The smallest absolute Gasteiger partial charge is 0.146 e. The molecule has 4 aromatic rings. The van der Waals surface area contributed by atoms with Gasteiger partial charge >= 0.3 is 0 Å². The summed E-state index contributed by atoms with van der Waals surface area (Å²) in [7, 11) is 0. The maximum absolute atomic E-state index is 9.35. The largest absolute Gasteiger partial charge is 0.457 e. The number of benzene rings is 2. The number of aromatic nitrogens is 2. The maximum Gasteiger partial charge on any atom is 0.146 e. The Balaban J connectivity index is 1.55. The summed E-state index contributed by atoms with van der Waals surface area (Å²) in [5.41, 5.74) is 3.49. The fraction of sp³-hybridized carbons (Fsp3) is 0.167. The van der Waals surface area contributed by atoms with Crippen molar-refractivity contribution in [3.05, 3.63) is 78.1 Å². The average molecular weight is 382 g/mol. The molecule has 0 bridgehead atoms. The Kier molecular flexibility index (Phi) is 5.17. The van der Waals surface area contributed by atoms with Crippen LogP contribution < -0.4 is 10.1 Å². The fourth-order valence-corrected chi connectivity index (χ4v) is 3.26. The number of anilines is 2. The van der Waals surface area contributed by atoms with E-state index in [1.165, 1.54) is 5.56 Å². The summed E-state index contributed by atoms with van der Waals surface area (Å²) in [5.74, 6) is 2.46. The van der Waals surface area contributed by atoms with Gasteiger partial charge < -0.3 is 15.0 Å². The van der Waals surface area contributed by atoms with Gasteiger partial charge in [0.25, 0.3) is 0 Å². The van der Waals surface area contributed by atoms with Crippen LogP contribution in [0.1, 0.15) is 25.1 Å². The van der Waals surface area contributed by atoms with E-state index in [9.17, 15) is 5.26 Å². The van der Waals surface area contributed by atoms with Gasteiger partial charge in [-0.15, -0.1) is 0 Å². The van der Waals surface area contributed by atoms with Gasteiger partial charge in [-0.25, -0.2) is 4.98 Å². The van der Waals surface area contributed by atoms with Gasteiger partial charge in [0.1, 0.15) is 29.1 Å². The van der Waals surface area contributed by atoms with Crippen LogP contribution in [0, 0.1) is 17.2 Å². The topological polar surface area (TPSA) is 73.7 Å². The molecule has 0 atom stereocenters. The molecule has 0 aliphatic rings. The molecule has 0 aliphatic heterocycles. The van der Waals surface area contributed by atoms with Gasteiger partial charge in [0.05, 0.1) is 0 Å². The highest BCUT2D eigenvalue weighted by Gasteiger charge is 2.07. The first-order chi connectivity index (χ1) is 14.1. The molecule has 0 radical (unpaired) electrons. The summed E-state index contributed by atoms with van der Waals surface area (Å²) >= 11 is 0. The van der Waals surface area contributed by atoms with Gasteiger partial charge in [0.2, 0.25) is 0 Å². The number of aromatic amines is 1. The predicted molar refractivity (Wildman–Crippen MR) is 116 cm³/mol. The molecule has 4 rings (SSSR count).